The van der Waals surface area contributed by atoms with E-state index in [4.69, 9.17) is 14.0 Å². The molecular weight excluding hydrogens is 498 g/mol. The number of aryl methyl sites for hydroxylation is 2. The van der Waals surface area contributed by atoms with Gasteiger partial charge in [-0.05, 0) is 49.2 Å². The lowest BCUT2D eigenvalue weighted by Gasteiger charge is -2.14. The zero-order chi connectivity index (χ0) is 26.6. The number of nitrogens with one attached hydrogen (secondary N) is 1. The molecule has 10 nitrogen and oxygen atoms in total. The summed E-state index contributed by atoms with van der Waals surface area (Å²) in [5, 5.41) is 2.67. The molecule has 0 saturated heterocycles. The fourth-order valence-corrected chi connectivity index (χ4v) is 4.45. The quantitative estimate of drug-likeness (QED) is 0.333. The SMILES string of the molecule is CCc1ccc(OCC(=O)Nc2cc(S(=O)(=O)CC)ccc2OCc2cc(=O)n3oc(C)cc3n2)cc1. The molecule has 11 heteroatoms. The third-order valence-electron chi connectivity index (χ3n) is 5.57. The maximum Gasteiger partial charge on any atom is 0.287 e. The maximum absolute atomic E-state index is 12.7. The van der Waals surface area contributed by atoms with Crippen LogP contribution in [0.25, 0.3) is 5.65 Å². The van der Waals surface area contributed by atoms with Crippen LogP contribution >= 0.6 is 0 Å². The Morgan fingerprint density at radius 3 is 2.51 bits per heavy atom. The standard InChI is InChI=1S/C26H27N3O7S/c1-4-18-6-8-20(9-7-18)34-16-25(30)28-22-14-21(37(32,33)5-2)10-11-23(22)35-15-19-13-26(31)29-24(27-19)12-17(3)36-29/h6-14H,4-5,15-16H2,1-3H3,(H,28,30). The number of ether oxygens (including phenoxy) is 2. The van der Waals surface area contributed by atoms with Crippen molar-refractivity contribution in [3.05, 3.63) is 82.0 Å². The Kier molecular flexibility index (Phi) is 7.63. The van der Waals surface area contributed by atoms with E-state index in [-0.39, 0.29) is 35.3 Å². The average Bonchev–Trinajstić information content (AvgIpc) is 3.27. The van der Waals surface area contributed by atoms with Crippen LogP contribution in [0.4, 0.5) is 5.69 Å². The van der Waals surface area contributed by atoms with Crippen molar-refractivity contribution in [3.63, 3.8) is 0 Å². The number of hydrogen-bond donors (Lipinski definition) is 1. The van der Waals surface area contributed by atoms with Crippen molar-refractivity contribution in [3.8, 4) is 11.5 Å². The van der Waals surface area contributed by atoms with Crippen LogP contribution in [0.3, 0.4) is 0 Å². The fraction of sp³-hybridized carbons (Fsp3) is 0.269. The van der Waals surface area contributed by atoms with Gasteiger partial charge < -0.3 is 19.3 Å². The molecule has 0 aliphatic rings. The summed E-state index contributed by atoms with van der Waals surface area (Å²) in [6.07, 6.45) is 0.889. The van der Waals surface area contributed by atoms with E-state index in [0.29, 0.717) is 22.9 Å². The summed E-state index contributed by atoms with van der Waals surface area (Å²) in [5.74, 6) is 0.676. The highest BCUT2D eigenvalue weighted by Gasteiger charge is 2.17. The van der Waals surface area contributed by atoms with Crippen molar-refractivity contribution in [2.24, 2.45) is 0 Å². The molecule has 0 saturated carbocycles. The number of carbonyl (C=O) groups excluding carboxylic acids is 1. The van der Waals surface area contributed by atoms with Gasteiger partial charge in [-0.1, -0.05) is 26.0 Å². The van der Waals surface area contributed by atoms with Crippen molar-refractivity contribution >= 4 is 27.1 Å². The van der Waals surface area contributed by atoms with Crippen molar-refractivity contribution in [1.82, 2.24) is 9.56 Å². The smallest absolute Gasteiger partial charge is 0.287 e. The van der Waals surface area contributed by atoms with E-state index in [2.05, 4.69) is 10.3 Å². The molecule has 2 aromatic carbocycles. The van der Waals surface area contributed by atoms with E-state index in [1.54, 1.807) is 25.1 Å². The summed E-state index contributed by atoms with van der Waals surface area (Å²) in [5.41, 5.74) is 1.57. The van der Waals surface area contributed by atoms with E-state index >= 15 is 0 Å². The Morgan fingerprint density at radius 2 is 1.81 bits per heavy atom. The summed E-state index contributed by atoms with van der Waals surface area (Å²) in [4.78, 5) is 29.3. The zero-order valence-corrected chi connectivity index (χ0v) is 21.5. The van der Waals surface area contributed by atoms with Crippen LogP contribution in [0, 0.1) is 6.92 Å². The molecule has 37 heavy (non-hydrogen) atoms. The number of sulfone groups is 1. The topological polar surface area (TPSA) is 129 Å². The number of aromatic nitrogens is 2. The molecular formula is C26H27N3O7S. The molecule has 2 aromatic heterocycles. The second kappa shape index (κ2) is 10.9. The average molecular weight is 526 g/mol. The Bertz CT molecular complexity index is 1590. The first-order valence-electron chi connectivity index (χ1n) is 11.7. The number of nitrogens with zero attached hydrogens (tertiary/aromatic N) is 2. The molecule has 2 heterocycles. The van der Waals surface area contributed by atoms with Crippen LogP contribution in [0.1, 0.15) is 30.9 Å². The molecule has 0 radical (unpaired) electrons. The molecule has 194 valence electrons. The molecule has 0 aliphatic heterocycles. The lowest BCUT2D eigenvalue weighted by Crippen LogP contribution is -2.21. The zero-order valence-electron chi connectivity index (χ0n) is 20.7. The molecule has 4 rings (SSSR count). The fourth-order valence-electron chi connectivity index (χ4n) is 3.55. The molecule has 0 bridgehead atoms. The summed E-state index contributed by atoms with van der Waals surface area (Å²) >= 11 is 0. The minimum absolute atomic E-state index is 0.0420. The van der Waals surface area contributed by atoms with E-state index in [1.807, 2.05) is 19.1 Å². The number of carbonyl (C=O) groups is 1. The van der Waals surface area contributed by atoms with Crippen LogP contribution < -0.4 is 20.3 Å². The van der Waals surface area contributed by atoms with Gasteiger partial charge in [0.05, 0.1) is 22.0 Å². The predicted octanol–water partition coefficient (Wildman–Crippen LogP) is 3.55. The highest BCUT2D eigenvalue weighted by atomic mass is 32.2. The van der Waals surface area contributed by atoms with Gasteiger partial charge in [0.25, 0.3) is 11.5 Å². The first kappa shape index (κ1) is 26.0. The van der Waals surface area contributed by atoms with Crippen molar-refractivity contribution < 1.29 is 27.2 Å². The Labute approximate surface area is 213 Å². The monoisotopic (exact) mass is 525 g/mol. The normalized spacial score (nSPS) is 11.4. The second-order valence-corrected chi connectivity index (χ2v) is 10.5. The van der Waals surface area contributed by atoms with E-state index in [1.165, 1.54) is 31.2 Å². The van der Waals surface area contributed by atoms with E-state index < -0.39 is 21.3 Å². The van der Waals surface area contributed by atoms with Crippen LogP contribution in [-0.2, 0) is 27.7 Å². The minimum Gasteiger partial charge on any atom is -0.485 e. The summed E-state index contributed by atoms with van der Waals surface area (Å²) in [7, 11) is -3.53. The van der Waals surface area contributed by atoms with Gasteiger partial charge in [-0.25, -0.2) is 13.4 Å². The summed E-state index contributed by atoms with van der Waals surface area (Å²) < 4.78 is 42.6. The molecule has 0 aliphatic carbocycles. The largest absolute Gasteiger partial charge is 0.485 e. The first-order chi connectivity index (χ1) is 17.7. The van der Waals surface area contributed by atoms with Gasteiger partial charge in [-0.2, -0.15) is 0 Å². The van der Waals surface area contributed by atoms with Gasteiger partial charge in [0.2, 0.25) is 0 Å². The summed E-state index contributed by atoms with van der Waals surface area (Å²) in [6.45, 7) is 4.90. The van der Waals surface area contributed by atoms with Gasteiger partial charge >= 0.3 is 0 Å². The van der Waals surface area contributed by atoms with Crippen molar-refractivity contribution in [1.29, 1.82) is 0 Å². The second-order valence-electron chi connectivity index (χ2n) is 8.27. The maximum atomic E-state index is 12.7. The number of rotatable bonds is 10. The van der Waals surface area contributed by atoms with Gasteiger partial charge in [0, 0.05) is 12.1 Å². The number of hydrogen-bond acceptors (Lipinski definition) is 8. The Hall–Kier alpha value is -4.12. The number of amides is 1. The molecule has 0 fully saturated rings. The van der Waals surface area contributed by atoms with E-state index in [9.17, 15) is 18.0 Å². The van der Waals surface area contributed by atoms with Gasteiger partial charge in [0.1, 0.15) is 23.9 Å². The first-order valence-corrected chi connectivity index (χ1v) is 13.3. The summed E-state index contributed by atoms with van der Waals surface area (Å²) in [6, 6.07) is 14.5. The van der Waals surface area contributed by atoms with Crippen LogP contribution in [0.15, 0.2) is 68.8 Å². The lowest BCUT2D eigenvalue weighted by molar-refractivity contribution is -0.118. The molecule has 0 spiro atoms. The molecule has 0 atom stereocenters. The van der Waals surface area contributed by atoms with Crippen LogP contribution in [-0.4, -0.2) is 36.2 Å². The number of fused-ring (bicyclic) bond motifs is 1. The third-order valence-corrected chi connectivity index (χ3v) is 7.30. The van der Waals surface area contributed by atoms with Gasteiger partial charge in [-0.3, -0.25) is 9.59 Å². The van der Waals surface area contributed by atoms with Gasteiger partial charge in [-0.15, -0.1) is 4.57 Å². The molecule has 4 aromatic rings. The molecule has 1 amide bonds. The predicted molar refractivity (Wildman–Crippen MR) is 137 cm³/mol. The van der Waals surface area contributed by atoms with Gasteiger partial charge in [0.15, 0.2) is 22.1 Å². The lowest BCUT2D eigenvalue weighted by atomic mass is 10.2. The minimum atomic E-state index is -3.53. The number of benzene rings is 2. The van der Waals surface area contributed by atoms with Crippen LogP contribution in [0.5, 0.6) is 11.5 Å². The highest BCUT2D eigenvalue weighted by Crippen LogP contribution is 2.29. The third kappa shape index (κ3) is 6.18. The Morgan fingerprint density at radius 1 is 1.05 bits per heavy atom. The molecule has 1 N–H and O–H groups in total. The van der Waals surface area contributed by atoms with Crippen molar-refractivity contribution in [2.75, 3.05) is 17.7 Å². The van der Waals surface area contributed by atoms with Crippen LogP contribution in [0.2, 0.25) is 0 Å². The van der Waals surface area contributed by atoms with E-state index in [0.717, 1.165) is 16.6 Å². The molecule has 0 unspecified atom stereocenters. The highest BCUT2D eigenvalue weighted by molar-refractivity contribution is 7.91. The Balaban J connectivity index is 1.53. The van der Waals surface area contributed by atoms with Crippen molar-refractivity contribution in [2.45, 2.75) is 38.7 Å². The number of anilines is 1.